The van der Waals surface area contributed by atoms with Gasteiger partial charge in [0.15, 0.2) is 0 Å². The molecule has 0 spiro atoms. The summed E-state index contributed by atoms with van der Waals surface area (Å²) in [7, 11) is -3.84. The highest BCUT2D eigenvalue weighted by Gasteiger charge is 2.29. The normalized spacial score (nSPS) is 15.9. The molecule has 4 aromatic rings. The molecule has 0 aliphatic heterocycles. The average Bonchev–Trinajstić information content (AvgIpc) is 3.39. The second-order valence-electron chi connectivity index (χ2n) is 10.9. The van der Waals surface area contributed by atoms with Crippen molar-refractivity contribution in [2.24, 2.45) is 11.8 Å². The topological polar surface area (TPSA) is 75.4 Å². The van der Waals surface area contributed by atoms with Gasteiger partial charge in [0, 0.05) is 18.7 Å². The molecule has 41 heavy (non-hydrogen) atoms. The highest BCUT2D eigenvalue weighted by atomic mass is 32.2. The molecular weight excluding hydrogens is 537 g/mol. The maximum absolute atomic E-state index is 13.9. The molecule has 214 valence electrons. The Bertz CT molecular complexity index is 1620. The Balaban J connectivity index is 1.32. The van der Waals surface area contributed by atoms with Crippen molar-refractivity contribution in [3.63, 3.8) is 0 Å². The minimum absolute atomic E-state index is 0.0368. The van der Waals surface area contributed by atoms with Crippen molar-refractivity contribution >= 4 is 16.1 Å². The minimum atomic E-state index is -3.84. The Morgan fingerprint density at radius 3 is 2.49 bits per heavy atom. The summed E-state index contributed by atoms with van der Waals surface area (Å²) < 4.78 is 44.5. The van der Waals surface area contributed by atoms with Crippen molar-refractivity contribution in [3.8, 4) is 16.8 Å². The molecule has 2 atom stereocenters. The highest BCUT2D eigenvalue weighted by Crippen LogP contribution is 2.34. The minimum Gasteiger partial charge on any atom is -0.395 e. The number of sulfonamides is 1. The lowest BCUT2D eigenvalue weighted by molar-refractivity contribution is 0.240. The molecule has 8 heteroatoms. The van der Waals surface area contributed by atoms with Crippen molar-refractivity contribution in [2.75, 3.05) is 19.7 Å². The molecule has 0 unspecified atom stereocenters. The molecule has 1 aliphatic carbocycles. The summed E-state index contributed by atoms with van der Waals surface area (Å²) in [4.78, 5) is 0.247. The lowest BCUT2D eigenvalue weighted by Crippen LogP contribution is -2.37. The van der Waals surface area contributed by atoms with Crippen LogP contribution in [0.4, 0.5) is 4.39 Å². The number of benzene rings is 3. The van der Waals surface area contributed by atoms with Crippen LogP contribution in [-0.2, 0) is 16.4 Å². The van der Waals surface area contributed by atoms with Gasteiger partial charge in [0.05, 0.1) is 29.1 Å². The van der Waals surface area contributed by atoms with Crippen LogP contribution >= 0.6 is 0 Å². The predicted molar refractivity (Wildman–Crippen MR) is 160 cm³/mol. The van der Waals surface area contributed by atoms with Crippen LogP contribution in [0.2, 0.25) is 0 Å². The van der Waals surface area contributed by atoms with Gasteiger partial charge in [0.1, 0.15) is 5.82 Å². The first kappa shape index (κ1) is 28.9. The third kappa shape index (κ3) is 6.35. The first-order valence-corrected chi connectivity index (χ1v) is 15.5. The molecule has 5 rings (SSSR count). The Hall–Kier alpha value is -3.59. The molecule has 0 amide bonds. The van der Waals surface area contributed by atoms with E-state index < -0.39 is 10.0 Å². The molecule has 1 heterocycles. The molecular formula is C33H36FN3O3S. The first-order chi connectivity index (χ1) is 19.8. The fourth-order valence-electron chi connectivity index (χ4n) is 5.55. The maximum atomic E-state index is 13.9. The number of aromatic nitrogens is 2. The third-order valence-corrected chi connectivity index (χ3v) is 9.74. The lowest BCUT2D eigenvalue weighted by atomic mass is 9.84. The van der Waals surface area contributed by atoms with Gasteiger partial charge in [-0.3, -0.25) is 0 Å². The van der Waals surface area contributed by atoms with Gasteiger partial charge in [0.25, 0.3) is 0 Å². The summed E-state index contributed by atoms with van der Waals surface area (Å²) in [5, 5.41) is 14.3. The van der Waals surface area contributed by atoms with Gasteiger partial charge >= 0.3 is 0 Å². The number of aliphatic hydroxyl groups excluding tert-OH is 1. The van der Waals surface area contributed by atoms with Crippen LogP contribution in [0.25, 0.3) is 22.9 Å². The fourth-order valence-corrected chi connectivity index (χ4v) is 7.31. The zero-order valence-electron chi connectivity index (χ0n) is 23.4. The molecule has 0 fully saturated rings. The van der Waals surface area contributed by atoms with Crippen molar-refractivity contribution in [3.05, 3.63) is 108 Å². The van der Waals surface area contributed by atoms with Gasteiger partial charge in [-0.1, -0.05) is 68.0 Å². The zero-order chi connectivity index (χ0) is 29.0. The van der Waals surface area contributed by atoms with E-state index in [0.29, 0.717) is 18.0 Å². The Labute approximate surface area is 241 Å². The van der Waals surface area contributed by atoms with Crippen molar-refractivity contribution in [2.45, 2.75) is 38.0 Å². The van der Waals surface area contributed by atoms with Gasteiger partial charge in [-0.25, -0.2) is 17.5 Å². The summed E-state index contributed by atoms with van der Waals surface area (Å²) in [5.74, 6) is 0.127. The number of hydrogen-bond acceptors (Lipinski definition) is 4. The number of halogens is 1. The summed E-state index contributed by atoms with van der Waals surface area (Å²) in [5.41, 5.74) is 5.76. The van der Waals surface area contributed by atoms with E-state index in [9.17, 15) is 17.9 Å². The smallest absolute Gasteiger partial charge is 0.243 e. The van der Waals surface area contributed by atoms with Gasteiger partial charge < -0.3 is 5.11 Å². The van der Waals surface area contributed by atoms with Crippen molar-refractivity contribution in [1.29, 1.82) is 0 Å². The Morgan fingerprint density at radius 2 is 1.76 bits per heavy atom. The largest absolute Gasteiger partial charge is 0.395 e. The van der Waals surface area contributed by atoms with Crippen LogP contribution in [0.15, 0.2) is 95.5 Å². The summed E-state index contributed by atoms with van der Waals surface area (Å²) in [6.45, 7) is 4.36. The molecule has 1 aliphatic rings. The summed E-state index contributed by atoms with van der Waals surface area (Å²) >= 11 is 0. The standard InChI is InChI=1S/C33H36FN3O3S/c1-24(12-13-27-21-32-28(20-25(27)2)22-35-37(32)30-16-14-29(34)15-17-30)23-36(18-19-38)41(39,40)33-11-7-6-10-31(33)26-8-4-3-5-9-26/h3-11,14-17,21-22,24-25,38H,12-13,18-20,23H2,1-2H3/t24-,25-/m1/s1. The van der Waals surface area contributed by atoms with Crippen LogP contribution < -0.4 is 0 Å². The number of rotatable bonds is 11. The van der Waals surface area contributed by atoms with Crippen molar-refractivity contribution in [1.82, 2.24) is 14.1 Å². The number of allylic oxidation sites excluding steroid dienone is 1. The number of nitrogens with zero attached hydrogens (tertiary/aromatic N) is 3. The Kier molecular flexibility index (Phi) is 8.82. The van der Waals surface area contributed by atoms with Crippen LogP contribution in [0, 0.1) is 17.7 Å². The number of fused-ring (bicyclic) bond motifs is 1. The SMILES string of the molecule is C[C@H](CCC1=Cc2c(cnn2-c2ccc(F)cc2)C[C@H]1C)CN(CCO)S(=O)(=O)c1ccccc1-c1ccccc1. The predicted octanol–water partition coefficient (Wildman–Crippen LogP) is 6.35. The average molecular weight is 574 g/mol. The molecule has 3 aromatic carbocycles. The zero-order valence-corrected chi connectivity index (χ0v) is 24.3. The first-order valence-electron chi connectivity index (χ1n) is 14.1. The van der Waals surface area contributed by atoms with E-state index in [1.54, 1.807) is 24.3 Å². The van der Waals surface area contributed by atoms with E-state index in [1.807, 2.05) is 53.3 Å². The van der Waals surface area contributed by atoms with Crippen LogP contribution in [-0.4, -0.2) is 47.3 Å². The molecule has 0 radical (unpaired) electrons. The van der Waals surface area contributed by atoms with Crippen LogP contribution in [0.1, 0.15) is 37.9 Å². The molecule has 0 saturated carbocycles. The molecule has 0 bridgehead atoms. The lowest BCUT2D eigenvalue weighted by Gasteiger charge is -2.27. The van der Waals surface area contributed by atoms with Gasteiger partial charge in [-0.2, -0.15) is 9.40 Å². The maximum Gasteiger partial charge on any atom is 0.243 e. The molecule has 6 nitrogen and oxygen atoms in total. The van der Waals surface area contributed by atoms with Crippen LogP contribution in [0.3, 0.4) is 0 Å². The number of aliphatic hydroxyl groups is 1. The molecule has 0 saturated heterocycles. The van der Waals surface area contributed by atoms with Crippen LogP contribution in [0.5, 0.6) is 0 Å². The number of hydrogen-bond donors (Lipinski definition) is 1. The third-order valence-electron chi connectivity index (χ3n) is 7.82. The van der Waals surface area contributed by atoms with E-state index in [-0.39, 0.29) is 29.8 Å². The van der Waals surface area contributed by atoms with E-state index in [0.717, 1.165) is 41.8 Å². The Morgan fingerprint density at radius 1 is 1.05 bits per heavy atom. The molecule has 1 N–H and O–H groups in total. The van der Waals surface area contributed by atoms with Gasteiger partial charge in [-0.05, 0) is 78.6 Å². The quantitative estimate of drug-likeness (QED) is 0.227. The highest BCUT2D eigenvalue weighted by molar-refractivity contribution is 7.89. The summed E-state index contributed by atoms with van der Waals surface area (Å²) in [6.07, 6.45) is 6.57. The van der Waals surface area contributed by atoms with E-state index in [2.05, 4.69) is 25.0 Å². The van der Waals surface area contributed by atoms with E-state index in [1.165, 1.54) is 22.0 Å². The monoisotopic (exact) mass is 573 g/mol. The second kappa shape index (κ2) is 12.5. The second-order valence-corrected chi connectivity index (χ2v) is 12.8. The summed E-state index contributed by atoms with van der Waals surface area (Å²) in [6, 6.07) is 22.9. The van der Waals surface area contributed by atoms with Crippen molar-refractivity contribution < 1.29 is 17.9 Å². The van der Waals surface area contributed by atoms with Gasteiger partial charge in [0.2, 0.25) is 10.0 Å². The van der Waals surface area contributed by atoms with E-state index in [4.69, 9.17) is 0 Å². The fraction of sp³-hybridized carbons (Fsp3) is 0.303. The molecule has 1 aromatic heterocycles. The van der Waals surface area contributed by atoms with Gasteiger partial charge in [-0.15, -0.1) is 0 Å². The van der Waals surface area contributed by atoms with E-state index >= 15 is 0 Å².